The van der Waals surface area contributed by atoms with E-state index in [0.29, 0.717) is 12.8 Å². The van der Waals surface area contributed by atoms with E-state index in [-0.39, 0.29) is 31.6 Å². The van der Waals surface area contributed by atoms with Crippen LogP contribution in [-0.4, -0.2) is 37.2 Å². The predicted octanol–water partition coefficient (Wildman–Crippen LogP) is 17.8. The van der Waals surface area contributed by atoms with Gasteiger partial charge >= 0.3 is 17.9 Å². The molecule has 0 amide bonds. The van der Waals surface area contributed by atoms with Crippen molar-refractivity contribution in [3.05, 3.63) is 97.2 Å². The van der Waals surface area contributed by atoms with E-state index < -0.39 is 12.1 Å². The Balaban J connectivity index is 4.35. The van der Waals surface area contributed by atoms with Crippen molar-refractivity contribution in [1.29, 1.82) is 0 Å². The SMILES string of the molecule is CC/C=C\C/C=C\C/C=C\CCCCCCCCCCCC(=O)OCC(COC(=O)C/C=C\C/C=C\C/C=C\CC)OC(=O)CCCCCCCCCCCC/C=C\C=C/CCCCC. The van der Waals surface area contributed by atoms with Crippen LogP contribution in [0.3, 0.4) is 0 Å². The third-order valence-corrected chi connectivity index (χ3v) is 11.1. The molecule has 0 aliphatic rings. The molecule has 65 heavy (non-hydrogen) atoms. The summed E-state index contributed by atoms with van der Waals surface area (Å²) in [7, 11) is 0. The third-order valence-electron chi connectivity index (χ3n) is 11.1. The molecule has 6 heteroatoms. The van der Waals surface area contributed by atoms with Gasteiger partial charge in [-0.25, -0.2) is 0 Å². The quantitative estimate of drug-likeness (QED) is 0.0199. The standard InChI is InChI=1S/C59H98O6/c1-4-7-10-13-16-19-21-23-25-27-29-31-33-35-37-40-43-46-49-52-58(61)64-55-56(54-63-57(60)51-48-45-42-39-18-15-12-9-6-3)65-59(62)53-50-47-44-41-38-36-34-32-30-28-26-24-22-20-17-14-11-8-5-2/h7,9-10,12,16-20,22-25,39,45,48,56H,4-6,8,11,13-15,21,26-38,40-44,46-47,49-55H2,1-3H3/b10-7-,12-9-,19-16-,20-17-,24-22-,25-23-,39-18-,48-45-. The van der Waals surface area contributed by atoms with Gasteiger partial charge in [-0.3, -0.25) is 14.4 Å². The molecule has 0 bridgehead atoms. The highest BCUT2D eigenvalue weighted by molar-refractivity contribution is 5.72. The molecule has 0 aliphatic heterocycles. The number of hydrogen-bond donors (Lipinski definition) is 0. The molecule has 0 aromatic heterocycles. The molecule has 1 unspecified atom stereocenters. The van der Waals surface area contributed by atoms with Gasteiger partial charge in [0.25, 0.3) is 0 Å². The lowest BCUT2D eigenvalue weighted by molar-refractivity contribution is -0.166. The van der Waals surface area contributed by atoms with Gasteiger partial charge in [-0.1, -0.05) is 227 Å². The van der Waals surface area contributed by atoms with Gasteiger partial charge in [0.1, 0.15) is 13.2 Å². The van der Waals surface area contributed by atoms with Gasteiger partial charge in [0.2, 0.25) is 0 Å². The summed E-state index contributed by atoms with van der Waals surface area (Å²) in [5.74, 6) is -1.05. The van der Waals surface area contributed by atoms with Gasteiger partial charge in [0.15, 0.2) is 6.10 Å². The third kappa shape index (κ3) is 51.2. The maximum atomic E-state index is 12.8. The van der Waals surface area contributed by atoms with E-state index in [1.807, 2.05) is 6.08 Å². The molecule has 6 nitrogen and oxygen atoms in total. The van der Waals surface area contributed by atoms with Crippen molar-refractivity contribution in [2.75, 3.05) is 13.2 Å². The monoisotopic (exact) mass is 903 g/mol. The number of allylic oxidation sites excluding steroid dienone is 15. The van der Waals surface area contributed by atoms with Gasteiger partial charge in [0.05, 0.1) is 6.42 Å². The van der Waals surface area contributed by atoms with Crippen LogP contribution in [0.25, 0.3) is 0 Å². The fraction of sp³-hybridized carbons (Fsp3) is 0.678. The lowest BCUT2D eigenvalue weighted by Gasteiger charge is -2.18. The summed E-state index contributed by atoms with van der Waals surface area (Å²) in [6, 6.07) is 0. The highest BCUT2D eigenvalue weighted by atomic mass is 16.6. The zero-order valence-electron chi connectivity index (χ0n) is 42.2. The first-order valence-corrected chi connectivity index (χ1v) is 26.8. The van der Waals surface area contributed by atoms with Gasteiger partial charge in [-0.2, -0.15) is 0 Å². The van der Waals surface area contributed by atoms with E-state index in [0.717, 1.165) is 77.0 Å². The molecular formula is C59H98O6. The highest BCUT2D eigenvalue weighted by Crippen LogP contribution is 2.15. The molecule has 1 atom stereocenters. The number of esters is 3. The van der Waals surface area contributed by atoms with Crippen LogP contribution in [0, 0.1) is 0 Å². The van der Waals surface area contributed by atoms with Crippen molar-refractivity contribution in [1.82, 2.24) is 0 Å². The minimum absolute atomic E-state index is 0.109. The van der Waals surface area contributed by atoms with Gasteiger partial charge in [0, 0.05) is 12.8 Å². The lowest BCUT2D eigenvalue weighted by Crippen LogP contribution is -2.30. The first-order chi connectivity index (χ1) is 32.0. The Morgan fingerprint density at radius 3 is 1.17 bits per heavy atom. The van der Waals surface area contributed by atoms with Crippen LogP contribution in [-0.2, 0) is 28.6 Å². The fourth-order valence-electron chi connectivity index (χ4n) is 7.16. The van der Waals surface area contributed by atoms with Crippen molar-refractivity contribution >= 4 is 17.9 Å². The summed E-state index contributed by atoms with van der Waals surface area (Å²) in [4.78, 5) is 37.9. The molecule has 0 heterocycles. The summed E-state index contributed by atoms with van der Waals surface area (Å²) in [6.45, 7) is 6.28. The molecule has 0 saturated carbocycles. The number of carbonyl (C=O) groups is 3. The smallest absolute Gasteiger partial charge is 0.309 e. The van der Waals surface area contributed by atoms with E-state index in [1.165, 1.54) is 122 Å². The second-order valence-electron chi connectivity index (χ2n) is 17.4. The summed E-state index contributed by atoms with van der Waals surface area (Å²) >= 11 is 0. The van der Waals surface area contributed by atoms with Crippen molar-refractivity contribution in [3.63, 3.8) is 0 Å². The van der Waals surface area contributed by atoms with Crippen LogP contribution in [0.1, 0.15) is 239 Å². The van der Waals surface area contributed by atoms with Crippen LogP contribution in [0.5, 0.6) is 0 Å². The Labute approximate surface area is 400 Å². The summed E-state index contributed by atoms with van der Waals surface area (Å²) in [5.41, 5.74) is 0. The molecule has 0 radical (unpaired) electrons. The Morgan fingerprint density at radius 2 is 0.708 bits per heavy atom. The molecule has 0 aromatic carbocycles. The topological polar surface area (TPSA) is 78.9 Å². The van der Waals surface area contributed by atoms with Gasteiger partial charge in [-0.15, -0.1) is 0 Å². The first-order valence-electron chi connectivity index (χ1n) is 26.8. The average Bonchev–Trinajstić information content (AvgIpc) is 3.30. The fourth-order valence-corrected chi connectivity index (χ4v) is 7.16. The normalized spacial score (nSPS) is 12.8. The van der Waals surface area contributed by atoms with Gasteiger partial charge < -0.3 is 14.2 Å². The Hall–Kier alpha value is -3.67. The number of rotatable bonds is 47. The van der Waals surface area contributed by atoms with Crippen molar-refractivity contribution in [3.8, 4) is 0 Å². The lowest BCUT2D eigenvalue weighted by atomic mass is 10.1. The van der Waals surface area contributed by atoms with E-state index in [9.17, 15) is 14.4 Å². The summed E-state index contributed by atoms with van der Waals surface area (Å²) < 4.78 is 16.7. The predicted molar refractivity (Wildman–Crippen MR) is 279 cm³/mol. The minimum Gasteiger partial charge on any atom is -0.462 e. The Bertz CT molecular complexity index is 1310. The zero-order valence-corrected chi connectivity index (χ0v) is 42.2. The van der Waals surface area contributed by atoms with Crippen molar-refractivity contribution in [2.45, 2.75) is 245 Å². The molecule has 0 spiro atoms. The van der Waals surface area contributed by atoms with E-state index in [2.05, 4.69) is 106 Å². The number of ether oxygens (including phenoxy) is 3. The minimum atomic E-state index is -0.817. The number of hydrogen-bond acceptors (Lipinski definition) is 6. The molecule has 0 rings (SSSR count). The van der Waals surface area contributed by atoms with Crippen molar-refractivity contribution < 1.29 is 28.6 Å². The number of unbranched alkanes of at least 4 members (excludes halogenated alkanes) is 22. The number of carbonyl (C=O) groups excluding carboxylic acids is 3. The second-order valence-corrected chi connectivity index (χ2v) is 17.4. The molecule has 0 N–H and O–H groups in total. The zero-order chi connectivity index (χ0) is 47.2. The summed E-state index contributed by atoms with van der Waals surface area (Å²) in [5, 5.41) is 0. The highest BCUT2D eigenvalue weighted by Gasteiger charge is 2.19. The van der Waals surface area contributed by atoms with Crippen LogP contribution < -0.4 is 0 Å². The van der Waals surface area contributed by atoms with Crippen LogP contribution in [0.4, 0.5) is 0 Å². The molecule has 0 aliphatic carbocycles. The van der Waals surface area contributed by atoms with Crippen LogP contribution in [0.15, 0.2) is 97.2 Å². The molecular weight excluding hydrogens is 805 g/mol. The summed E-state index contributed by atoms with van der Waals surface area (Å²) in [6.07, 6.45) is 70.0. The molecule has 0 aromatic rings. The molecule has 0 saturated heterocycles. The second kappa shape index (κ2) is 52.9. The largest absolute Gasteiger partial charge is 0.462 e. The average molecular weight is 903 g/mol. The Kier molecular flexibility index (Phi) is 50.0. The van der Waals surface area contributed by atoms with E-state index in [4.69, 9.17) is 14.2 Å². The maximum Gasteiger partial charge on any atom is 0.309 e. The van der Waals surface area contributed by atoms with E-state index >= 15 is 0 Å². The molecule has 370 valence electrons. The van der Waals surface area contributed by atoms with Gasteiger partial charge in [-0.05, 0) is 89.9 Å². The van der Waals surface area contributed by atoms with Crippen LogP contribution in [0.2, 0.25) is 0 Å². The molecule has 0 fully saturated rings. The van der Waals surface area contributed by atoms with Crippen molar-refractivity contribution in [2.24, 2.45) is 0 Å². The Morgan fingerprint density at radius 1 is 0.354 bits per heavy atom. The maximum absolute atomic E-state index is 12.8. The van der Waals surface area contributed by atoms with E-state index in [1.54, 1.807) is 6.08 Å². The van der Waals surface area contributed by atoms with Crippen LogP contribution >= 0.6 is 0 Å². The first kappa shape index (κ1) is 61.3.